The summed E-state index contributed by atoms with van der Waals surface area (Å²) in [6.45, 7) is 6.39. The van der Waals surface area contributed by atoms with Crippen molar-refractivity contribution in [2.24, 2.45) is 0 Å². The van der Waals surface area contributed by atoms with Crippen molar-refractivity contribution in [2.75, 3.05) is 5.73 Å². The standard InChI is InChI=1S/C16H19NS/c1-11-7-8-15(9-12(11)2)18-10-14-5-4-6-16(17)13(14)3/h4-9H,10,17H2,1-3H3. The van der Waals surface area contributed by atoms with Gasteiger partial charge in [-0.15, -0.1) is 11.8 Å². The highest BCUT2D eigenvalue weighted by atomic mass is 32.2. The smallest absolute Gasteiger partial charge is 0.0346 e. The molecule has 0 bridgehead atoms. The zero-order chi connectivity index (χ0) is 13.1. The van der Waals surface area contributed by atoms with E-state index in [0.717, 1.165) is 11.4 Å². The van der Waals surface area contributed by atoms with Gasteiger partial charge in [0.2, 0.25) is 0 Å². The first-order valence-corrected chi connectivity index (χ1v) is 7.10. The number of nitrogen functional groups attached to an aromatic ring is 1. The zero-order valence-corrected chi connectivity index (χ0v) is 12.0. The molecule has 0 amide bonds. The molecule has 0 fully saturated rings. The van der Waals surface area contributed by atoms with Crippen LogP contribution in [0.1, 0.15) is 22.3 Å². The van der Waals surface area contributed by atoms with Crippen molar-refractivity contribution in [3.05, 3.63) is 58.7 Å². The van der Waals surface area contributed by atoms with Gasteiger partial charge in [-0.05, 0) is 61.2 Å². The highest BCUT2D eigenvalue weighted by Crippen LogP contribution is 2.27. The van der Waals surface area contributed by atoms with Crippen LogP contribution in [0.4, 0.5) is 5.69 Å². The van der Waals surface area contributed by atoms with E-state index in [0.29, 0.717) is 0 Å². The third-order valence-electron chi connectivity index (χ3n) is 3.36. The third kappa shape index (κ3) is 2.88. The molecular weight excluding hydrogens is 238 g/mol. The lowest BCUT2D eigenvalue weighted by molar-refractivity contribution is 1.26. The number of anilines is 1. The molecule has 0 spiro atoms. The van der Waals surface area contributed by atoms with Crippen molar-refractivity contribution < 1.29 is 0 Å². The van der Waals surface area contributed by atoms with Crippen molar-refractivity contribution in [3.8, 4) is 0 Å². The average molecular weight is 257 g/mol. The predicted molar refractivity (Wildman–Crippen MR) is 81.1 cm³/mol. The predicted octanol–water partition coefficient (Wildman–Crippen LogP) is 4.49. The molecule has 2 aromatic rings. The molecule has 1 nitrogen and oxygen atoms in total. The van der Waals surface area contributed by atoms with Gasteiger partial charge in [-0.2, -0.15) is 0 Å². The Kier molecular flexibility index (Phi) is 3.97. The van der Waals surface area contributed by atoms with Gasteiger partial charge in [0, 0.05) is 16.3 Å². The first-order chi connectivity index (χ1) is 8.58. The van der Waals surface area contributed by atoms with Gasteiger partial charge in [0.05, 0.1) is 0 Å². The van der Waals surface area contributed by atoms with Crippen LogP contribution in [0.2, 0.25) is 0 Å². The van der Waals surface area contributed by atoms with Gasteiger partial charge in [-0.1, -0.05) is 18.2 Å². The van der Waals surface area contributed by atoms with E-state index in [4.69, 9.17) is 5.73 Å². The number of benzene rings is 2. The van der Waals surface area contributed by atoms with E-state index >= 15 is 0 Å². The fourth-order valence-corrected chi connectivity index (χ4v) is 2.88. The Bertz CT molecular complexity index is 561. The lowest BCUT2D eigenvalue weighted by Crippen LogP contribution is -1.94. The molecule has 0 aliphatic carbocycles. The van der Waals surface area contributed by atoms with Crippen LogP contribution in [0.15, 0.2) is 41.3 Å². The lowest BCUT2D eigenvalue weighted by Gasteiger charge is -2.09. The average Bonchev–Trinajstić information content (AvgIpc) is 2.35. The Hall–Kier alpha value is -1.41. The Morgan fingerprint density at radius 1 is 1.00 bits per heavy atom. The molecule has 0 radical (unpaired) electrons. The first-order valence-electron chi connectivity index (χ1n) is 6.12. The quantitative estimate of drug-likeness (QED) is 0.648. The second-order valence-electron chi connectivity index (χ2n) is 4.67. The molecule has 0 atom stereocenters. The van der Waals surface area contributed by atoms with Gasteiger partial charge in [0.15, 0.2) is 0 Å². The van der Waals surface area contributed by atoms with Gasteiger partial charge in [-0.3, -0.25) is 0 Å². The fraction of sp³-hybridized carbons (Fsp3) is 0.250. The maximum absolute atomic E-state index is 5.92. The molecular formula is C16H19NS. The SMILES string of the molecule is Cc1ccc(SCc2cccc(N)c2C)cc1C. The molecule has 0 saturated heterocycles. The Balaban J connectivity index is 2.11. The molecule has 0 saturated carbocycles. The molecule has 0 unspecified atom stereocenters. The van der Waals surface area contributed by atoms with Gasteiger partial charge >= 0.3 is 0 Å². The zero-order valence-electron chi connectivity index (χ0n) is 11.2. The molecule has 2 rings (SSSR count). The Morgan fingerprint density at radius 3 is 2.50 bits per heavy atom. The van der Waals surface area contributed by atoms with Gasteiger partial charge < -0.3 is 5.73 Å². The van der Waals surface area contributed by atoms with Crippen LogP contribution in [0.3, 0.4) is 0 Å². The highest BCUT2D eigenvalue weighted by Gasteiger charge is 2.03. The van der Waals surface area contributed by atoms with Crippen LogP contribution in [-0.2, 0) is 5.75 Å². The lowest BCUT2D eigenvalue weighted by atomic mass is 10.1. The summed E-state index contributed by atoms with van der Waals surface area (Å²) in [5.41, 5.74) is 12.0. The molecule has 2 aromatic carbocycles. The van der Waals surface area contributed by atoms with E-state index in [1.165, 1.54) is 27.1 Å². The second-order valence-corrected chi connectivity index (χ2v) is 5.71. The molecule has 94 valence electrons. The molecule has 2 heteroatoms. The van der Waals surface area contributed by atoms with Crippen molar-refractivity contribution >= 4 is 17.4 Å². The number of thioether (sulfide) groups is 1. The van der Waals surface area contributed by atoms with Crippen molar-refractivity contribution in [3.63, 3.8) is 0 Å². The summed E-state index contributed by atoms with van der Waals surface area (Å²) in [5.74, 6) is 0.972. The van der Waals surface area contributed by atoms with Crippen molar-refractivity contribution in [1.82, 2.24) is 0 Å². The highest BCUT2D eigenvalue weighted by molar-refractivity contribution is 7.98. The molecule has 18 heavy (non-hydrogen) atoms. The molecule has 0 heterocycles. The summed E-state index contributed by atoms with van der Waals surface area (Å²) in [6.07, 6.45) is 0. The van der Waals surface area contributed by atoms with E-state index in [-0.39, 0.29) is 0 Å². The van der Waals surface area contributed by atoms with Gasteiger partial charge in [-0.25, -0.2) is 0 Å². The summed E-state index contributed by atoms with van der Waals surface area (Å²) in [5, 5.41) is 0. The van der Waals surface area contributed by atoms with E-state index in [9.17, 15) is 0 Å². The van der Waals surface area contributed by atoms with Crippen molar-refractivity contribution in [2.45, 2.75) is 31.4 Å². The largest absolute Gasteiger partial charge is 0.399 e. The van der Waals surface area contributed by atoms with E-state index in [2.05, 4.69) is 45.0 Å². The summed E-state index contributed by atoms with van der Waals surface area (Å²) in [6, 6.07) is 12.8. The van der Waals surface area contributed by atoms with Crippen molar-refractivity contribution in [1.29, 1.82) is 0 Å². The number of hydrogen-bond acceptors (Lipinski definition) is 2. The molecule has 0 aliphatic heterocycles. The third-order valence-corrected chi connectivity index (χ3v) is 4.40. The summed E-state index contributed by atoms with van der Waals surface area (Å²) in [4.78, 5) is 1.32. The molecule has 0 aromatic heterocycles. The summed E-state index contributed by atoms with van der Waals surface area (Å²) < 4.78 is 0. The number of nitrogens with two attached hydrogens (primary N) is 1. The monoisotopic (exact) mass is 257 g/mol. The maximum atomic E-state index is 5.92. The van der Waals surface area contributed by atoms with Crippen LogP contribution < -0.4 is 5.73 Å². The minimum atomic E-state index is 0.883. The summed E-state index contributed by atoms with van der Waals surface area (Å²) in [7, 11) is 0. The molecule has 2 N–H and O–H groups in total. The van der Waals surface area contributed by atoms with Crippen LogP contribution in [0.25, 0.3) is 0 Å². The fourth-order valence-electron chi connectivity index (χ4n) is 1.82. The van der Waals surface area contributed by atoms with Gasteiger partial charge in [0.25, 0.3) is 0 Å². The van der Waals surface area contributed by atoms with Crippen LogP contribution >= 0.6 is 11.8 Å². The Morgan fingerprint density at radius 2 is 1.78 bits per heavy atom. The normalized spacial score (nSPS) is 10.6. The van der Waals surface area contributed by atoms with Crippen LogP contribution in [-0.4, -0.2) is 0 Å². The van der Waals surface area contributed by atoms with E-state index in [1.54, 1.807) is 0 Å². The first kappa shape index (κ1) is 13.0. The minimum absolute atomic E-state index is 0.883. The summed E-state index contributed by atoms with van der Waals surface area (Å²) >= 11 is 1.86. The molecule has 0 aliphatic rings. The maximum Gasteiger partial charge on any atom is 0.0346 e. The van der Waals surface area contributed by atoms with E-state index < -0.39 is 0 Å². The minimum Gasteiger partial charge on any atom is -0.399 e. The topological polar surface area (TPSA) is 26.0 Å². The van der Waals surface area contributed by atoms with Crippen LogP contribution in [0.5, 0.6) is 0 Å². The Labute approximate surface area is 113 Å². The number of aryl methyl sites for hydroxylation is 2. The van der Waals surface area contributed by atoms with Crippen LogP contribution in [0, 0.1) is 20.8 Å². The number of rotatable bonds is 3. The second kappa shape index (κ2) is 5.49. The van der Waals surface area contributed by atoms with Gasteiger partial charge in [0.1, 0.15) is 0 Å². The van der Waals surface area contributed by atoms with E-state index in [1.807, 2.05) is 23.9 Å². The number of hydrogen-bond donors (Lipinski definition) is 1.